The van der Waals surface area contributed by atoms with Gasteiger partial charge in [0.05, 0.1) is 38.9 Å². The van der Waals surface area contributed by atoms with Gasteiger partial charge in [0, 0.05) is 36.1 Å². The van der Waals surface area contributed by atoms with Gasteiger partial charge in [0.15, 0.2) is 17.4 Å². The van der Waals surface area contributed by atoms with Gasteiger partial charge in [0.1, 0.15) is 25.7 Å². The van der Waals surface area contributed by atoms with Crippen LogP contribution >= 0.6 is 56.6 Å². The Morgan fingerprint density at radius 1 is 0.667 bits per heavy atom. The number of Topliss-reactive ketones (excluding diaryl/α,β-unsaturated/α-hetero) is 3. The van der Waals surface area contributed by atoms with Gasteiger partial charge in [-0.1, -0.05) is 94.0 Å². The zero-order valence-electron chi connectivity index (χ0n) is 48.4. The first kappa shape index (κ1) is 63.4. The van der Waals surface area contributed by atoms with Crippen molar-refractivity contribution in [2.24, 2.45) is 10.8 Å². The lowest BCUT2D eigenvalue weighted by Crippen LogP contribution is -2.44. The molecule has 432 valence electrons. The Hall–Kier alpha value is -5.19. The number of nitrogens with one attached hydrogen (secondary N) is 2. The zero-order valence-corrected chi connectivity index (χ0v) is 53.0. The average molecular weight is 1270 g/mol. The van der Waals surface area contributed by atoms with Crippen molar-refractivity contribution in [3.05, 3.63) is 129 Å². The summed E-state index contributed by atoms with van der Waals surface area (Å²) in [4.78, 5) is 73.5. The number of nitrogens with zero attached hydrogens (tertiary/aromatic N) is 3. The van der Waals surface area contributed by atoms with Crippen LogP contribution in [0.15, 0.2) is 88.4 Å². The SMILES string of the molecule is CC(C)(C)OC(=O)Nc1ncsc1C1=CCCCC1.CC(C)(C)OC(=O)Nc1ncsc1I.CC1(C)CC(=O)C2=C(Cc3ncsc3C23CCCc2ccccc23)C1.CC1(C)CC(=O)CC(=O)C1.OB(O)C1=CCCc2ccccc21. The molecule has 19 heteroatoms. The molecule has 14 nitrogen and oxygen atoms in total. The molecular weight excluding hydrogens is 1190 g/mol. The number of hydrogen-bond donors (Lipinski definition) is 4. The molecule has 2 amide bonds. The third-order valence-electron chi connectivity index (χ3n) is 14.3. The number of carbonyl (C=O) groups excluding carboxylic acids is 5. The largest absolute Gasteiger partial charge is 0.488 e. The molecule has 6 aliphatic rings. The van der Waals surface area contributed by atoms with Crippen molar-refractivity contribution in [3.63, 3.8) is 0 Å². The molecule has 0 bridgehead atoms. The number of ketones is 3. The Morgan fingerprint density at radius 3 is 1.89 bits per heavy atom. The fourth-order valence-corrected chi connectivity index (χ4v) is 14.4. The van der Waals surface area contributed by atoms with E-state index < -0.39 is 30.5 Å². The lowest BCUT2D eigenvalue weighted by atomic mass is 9.56. The highest BCUT2D eigenvalue weighted by Crippen LogP contribution is 2.57. The molecule has 81 heavy (non-hydrogen) atoms. The summed E-state index contributed by atoms with van der Waals surface area (Å²) < 4.78 is 11.3. The number of thiazole rings is 3. The van der Waals surface area contributed by atoms with E-state index in [0.717, 1.165) is 76.7 Å². The van der Waals surface area contributed by atoms with Crippen LogP contribution in [0.25, 0.3) is 11.0 Å². The van der Waals surface area contributed by atoms with Crippen molar-refractivity contribution >= 4 is 116 Å². The van der Waals surface area contributed by atoms with Gasteiger partial charge >= 0.3 is 19.3 Å². The third-order valence-corrected chi connectivity index (χ3v) is 18.1. The molecule has 1 saturated carbocycles. The third kappa shape index (κ3) is 17.2. The van der Waals surface area contributed by atoms with Crippen LogP contribution in [-0.4, -0.2) is 72.9 Å². The minimum Gasteiger partial charge on any atom is -0.444 e. The van der Waals surface area contributed by atoms with Gasteiger partial charge in [-0.05, 0) is 172 Å². The summed E-state index contributed by atoms with van der Waals surface area (Å²) >= 11 is 6.90. The number of amides is 2. The Bertz CT molecular complexity index is 3180. The highest BCUT2D eigenvalue weighted by molar-refractivity contribution is 14.1. The minimum absolute atomic E-state index is 0.0683. The van der Waals surface area contributed by atoms with Crippen molar-refractivity contribution < 1.29 is 43.5 Å². The second-order valence-corrected chi connectivity index (χ2v) is 29.3. The fraction of sp³-hybridized carbons (Fsp3) is 0.484. The number of benzene rings is 2. The van der Waals surface area contributed by atoms with Crippen molar-refractivity contribution in [1.29, 1.82) is 0 Å². The molecule has 2 aromatic carbocycles. The Kier molecular flexibility index (Phi) is 21.2. The van der Waals surface area contributed by atoms with Crippen LogP contribution in [0.3, 0.4) is 0 Å². The predicted octanol–water partition coefficient (Wildman–Crippen LogP) is 14.9. The number of aromatic nitrogens is 3. The molecular formula is C62H77BIN5O9S3. The number of rotatable bonds is 4. The van der Waals surface area contributed by atoms with E-state index >= 15 is 0 Å². The van der Waals surface area contributed by atoms with Gasteiger partial charge in [0.25, 0.3) is 0 Å². The molecule has 6 aliphatic carbocycles. The van der Waals surface area contributed by atoms with Gasteiger partial charge in [-0.25, -0.2) is 24.5 Å². The topological polar surface area (TPSA) is 207 Å². The maximum absolute atomic E-state index is 13.4. The quantitative estimate of drug-likeness (QED) is 0.0753. The van der Waals surface area contributed by atoms with Crippen LogP contribution in [-0.2, 0) is 48.5 Å². The van der Waals surface area contributed by atoms with Crippen LogP contribution < -0.4 is 10.6 Å². The number of anilines is 2. The predicted molar refractivity (Wildman–Crippen MR) is 335 cm³/mol. The molecule has 1 spiro atoms. The summed E-state index contributed by atoms with van der Waals surface area (Å²) in [5.41, 5.74) is 14.8. The summed E-state index contributed by atoms with van der Waals surface area (Å²) in [6, 6.07) is 16.6. The first-order valence-electron chi connectivity index (χ1n) is 27.8. The molecule has 11 rings (SSSR count). The first-order chi connectivity index (χ1) is 38.1. The number of fused-ring (bicyclic) bond motifs is 6. The highest BCUT2D eigenvalue weighted by Gasteiger charge is 2.52. The van der Waals surface area contributed by atoms with Crippen LogP contribution in [0, 0.1) is 13.7 Å². The van der Waals surface area contributed by atoms with E-state index in [1.165, 1.54) is 62.6 Å². The van der Waals surface area contributed by atoms with E-state index in [1.807, 2.05) is 91.2 Å². The second-order valence-electron chi connectivity index (χ2n) is 24.9. The maximum Gasteiger partial charge on any atom is 0.488 e. The number of hydrogen-bond acceptors (Lipinski definition) is 15. The van der Waals surface area contributed by atoms with Gasteiger partial charge in [-0.3, -0.25) is 25.0 Å². The van der Waals surface area contributed by atoms with E-state index in [9.17, 15) is 24.0 Å². The van der Waals surface area contributed by atoms with E-state index in [2.05, 4.69) is 87.4 Å². The molecule has 0 radical (unpaired) electrons. The van der Waals surface area contributed by atoms with E-state index in [0.29, 0.717) is 42.2 Å². The van der Waals surface area contributed by atoms with Crippen molar-refractivity contribution in [2.45, 2.75) is 182 Å². The van der Waals surface area contributed by atoms with Crippen LogP contribution in [0.2, 0.25) is 0 Å². The summed E-state index contributed by atoms with van der Waals surface area (Å²) in [5, 5.41) is 23.5. The number of aryl methyl sites for hydroxylation is 2. The lowest BCUT2D eigenvalue weighted by Gasteiger charge is -2.47. The van der Waals surface area contributed by atoms with Gasteiger partial charge in [0.2, 0.25) is 0 Å². The number of carbonyl (C=O) groups is 5. The summed E-state index contributed by atoms with van der Waals surface area (Å²) in [7, 11) is -1.35. The number of ether oxygens (including phenoxy) is 2. The molecule has 0 saturated heterocycles. The monoisotopic (exact) mass is 1270 g/mol. The lowest BCUT2D eigenvalue weighted by molar-refractivity contribution is -0.133. The normalized spacial score (nSPS) is 19.4. The number of halogens is 1. The van der Waals surface area contributed by atoms with Crippen LogP contribution in [0.4, 0.5) is 21.2 Å². The van der Waals surface area contributed by atoms with Crippen molar-refractivity contribution in [2.75, 3.05) is 10.6 Å². The number of allylic oxidation sites excluding steroid dienone is 5. The molecule has 3 heterocycles. The summed E-state index contributed by atoms with van der Waals surface area (Å²) in [5.74, 6) is 1.75. The molecule has 1 atom stereocenters. The summed E-state index contributed by atoms with van der Waals surface area (Å²) in [6.07, 6.45) is 16.9. The van der Waals surface area contributed by atoms with Gasteiger partial charge in [-0.2, -0.15) is 0 Å². The van der Waals surface area contributed by atoms with Crippen LogP contribution in [0.1, 0.15) is 184 Å². The first-order valence-corrected chi connectivity index (χ1v) is 31.5. The van der Waals surface area contributed by atoms with E-state index in [-0.39, 0.29) is 34.2 Å². The van der Waals surface area contributed by atoms with Crippen LogP contribution in [0.5, 0.6) is 0 Å². The smallest absolute Gasteiger partial charge is 0.444 e. The Morgan fingerprint density at radius 2 is 1.27 bits per heavy atom. The van der Waals surface area contributed by atoms with E-state index in [4.69, 9.17) is 24.5 Å². The molecule has 3 aromatic heterocycles. The Labute approximate surface area is 503 Å². The van der Waals surface area contributed by atoms with Gasteiger partial charge in [-0.15, -0.1) is 34.0 Å². The van der Waals surface area contributed by atoms with Crippen molar-refractivity contribution in [3.8, 4) is 0 Å². The maximum atomic E-state index is 13.4. The van der Waals surface area contributed by atoms with Gasteiger partial charge < -0.3 is 19.5 Å². The molecule has 0 aliphatic heterocycles. The average Bonchev–Trinajstić information content (AvgIpc) is 2.20. The molecule has 1 fully saturated rings. The Balaban J connectivity index is 0.000000152. The van der Waals surface area contributed by atoms with Crippen molar-refractivity contribution in [1.82, 2.24) is 15.0 Å². The second kappa shape index (κ2) is 27.0. The zero-order chi connectivity index (χ0) is 58.9. The molecule has 5 aromatic rings. The molecule has 1 unspecified atom stereocenters. The van der Waals surface area contributed by atoms with E-state index in [1.54, 1.807) is 33.7 Å². The highest BCUT2D eigenvalue weighted by atomic mass is 127. The summed E-state index contributed by atoms with van der Waals surface area (Å²) in [6.45, 7) is 19.4. The standard InChI is InChI=1S/C22H23NOS.C14H20N2O2S.C10H11BO2.C8H11IN2O2S.C8H12O2/c1-21(2)11-15-10-17-20(25-13-23-17)22(19(15)18(24)12-21)9-5-7-14-6-3-4-8-16(14)22;1-14(2,3)18-13(17)16-12-11(19-9-15-12)10-7-5-4-6-8-10;12-11(13)10-7-3-5-8-4-1-2-6-9(8)10;1-8(2,3)13-7(12)11-6-5(9)14-4-10-6;1-8(2)4-6(9)3-7(10)5-8/h3-4,6,8,13H,5,7,9-12H2,1-2H3;7,9H,4-6,8H2,1-3H3,(H,16,17);1-2,4,6-7,12-13H,3,5H2;4H,1-3H3,(H,11,12);3-5H2,1-2H3. The fourth-order valence-electron chi connectivity index (χ4n) is 11.5. The minimum atomic E-state index is -1.35. The molecule has 4 N–H and O–H groups in total.